The Balaban J connectivity index is 1.69. The number of benzene rings is 4. The van der Waals surface area contributed by atoms with Crippen molar-refractivity contribution < 1.29 is 4.74 Å². The summed E-state index contributed by atoms with van der Waals surface area (Å²) in [6.45, 7) is 0. The minimum atomic E-state index is 0.887. The summed E-state index contributed by atoms with van der Waals surface area (Å²) in [5.74, 6) is 1.78. The molecule has 2 heteroatoms. The first-order valence-corrected chi connectivity index (χ1v) is 9.11. The monoisotopic (exact) mass is 349 g/mol. The highest BCUT2D eigenvalue weighted by Gasteiger charge is 2.21. The van der Waals surface area contributed by atoms with E-state index >= 15 is 0 Å². The van der Waals surface area contributed by atoms with Crippen LogP contribution in [0.5, 0.6) is 11.5 Å². The molecule has 0 bridgehead atoms. The summed E-state index contributed by atoms with van der Waals surface area (Å²) in [6.07, 6.45) is 0. The van der Waals surface area contributed by atoms with Crippen LogP contribution in [-0.4, -0.2) is 7.05 Å². The SMILES string of the molecule is CN(c1ccccc1)c1ccc2c(c1)-c1ccccc1-c1ccccc1O2. The molecule has 4 aromatic carbocycles. The van der Waals surface area contributed by atoms with E-state index in [1.165, 1.54) is 11.1 Å². The Bertz CT molecular complexity index is 1120. The topological polar surface area (TPSA) is 12.5 Å². The summed E-state index contributed by atoms with van der Waals surface area (Å²) < 4.78 is 6.31. The highest BCUT2D eigenvalue weighted by atomic mass is 16.5. The first-order valence-electron chi connectivity index (χ1n) is 9.11. The average Bonchev–Trinajstić information content (AvgIpc) is 2.88. The minimum Gasteiger partial charge on any atom is -0.456 e. The van der Waals surface area contributed by atoms with Crippen molar-refractivity contribution >= 4 is 11.4 Å². The molecule has 0 aliphatic carbocycles. The third kappa shape index (κ3) is 2.67. The van der Waals surface area contributed by atoms with E-state index in [1.54, 1.807) is 0 Å². The van der Waals surface area contributed by atoms with Crippen LogP contribution in [0.4, 0.5) is 11.4 Å². The summed E-state index contributed by atoms with van der Waals surface area (Å²) in [5, 5.41) is 0. The maximum absolute atomic E-state index is 6.31. The van der Waals surface area contributed by atoms with Crippen molar-refractivity contribution in [1.29, 1.82) is 0 Å². The van der Waals surface area contributed by atoms with Crippen molar-refractivity contribution in [3.63, 3.8) is 0 Å². The number of hydrogen-bond acceptors (Lipinski definition) is 2. The average molecular weight is 349 g/mol. The Morgan fingerprint density at radius 3 is 1.89 bits per heavy atom. The summed E-state index contributed by atoms with van der Waals surface area (Å²) in [7, 11) is 2.09. The van der Waals surface area contributed by atoms with E-state index in [0.29, 0.717) is 0 Å². The van der Waals surface area contributed by atoms with Crippen molar-refractivity contribution in [2.45, 2.75) is 0 Å². The van der Waals surface area contributed by atoms with Gasteiger partial charge in [0.2, 0.25) is 0 Å². The van der Waals surface area contributed by atoms with Crippen LogP contribution in [0.25, 0.3) is 22.3 Å². The molecule has 0 radical (unpaired) electrons. The molecule has 5 rings (SSSR count). The predicted octanol–water partition coefficient (Wildman–Crippen LogP) is 6.89. The quantitative estimate of drug-likeness (QED) is 0.344. The molecule has 27 heavy (non-hydrogen) atoms. The van der Waals surface area contributed by atoms with Gasteiger partial charge in [-0.05, 0) is 47.5 Å². The van der Waals surface area contributed by atoms with Gasteiger partial charge in [0.1, 0.15) is 11.5 Å². The third-order valence-electron chi connectivity index (χ3n) is 5.11. The molecule has 4 aromatic rings. The number of hydrogen-bond donors (Lipinski definition) is 0. The zero-order valence-corrected chi connectivity index (χ0v) is 15.1. The van der Waals surface area contributed by atoms with E-state index in [1.807, 2.05) is 18.2 Å². The molecule has 0 amide bonds. The molecule has 1 aliphatic heterocycles. The first-order chi connectivity index (χ1) is 13.3. The number of rotatable bonds is 2. The Labute approximate surface area is 159 Å². The first kappa shape index (κ1) is 15.7. The van der Waals surface area contributed by atoms with Gasteiger partial charge in [-0.15, -0.1) is 0 Å². The van der Waals surface area contributed by atoms with Crippen LogP contribution in [0.2, 0.25) is 0 Å². The lowest BCUT2D eigenvalue weighted by Gasteiger charge is -2.21. The predicted molar refractivity (Wildman–Crippen MR) is 112 cm³/mol. The zero-order valence-electron chi connectivity index (χ0n) is 15.1. The Hall–Kier alpha value is -3.52. The van der Waals surface area contributed by atoms with Crippen molar-refractivity contribution in [2.24, 2.45) is 0 Å². The number of para-hydroxylation sites is 2. The van der Waals surface area contributed by atoms with E-state index in [9.17, 15) is 0 Å². The van der Waals surface area contributed by atoms with Gasteiger partial charge in [0.25, 0.3) is 0 Å². The highest BCUT2D eigenvalue weighted by Crippen LogP contribution is 2.47. The lowest BCUT2D eigenvalue weighted by Crippen LogP contribution is -2.09. The minimum absolute atomic E-state index is 0.887. The van der Waals surface area contributed by atoms with Gasteiger partial charge in [-0.3, -0.25) is 0 Å². The van der Waals surface area contributed by atoms with Crippen LogP contribution >= 0.6 is 0 Å². The summed E-state index contributed by atoms with van der Waals surface area (Å²) >= 11 is 0. The van der Waals surface area contributed by atoms with Gasteiger partial charge in [-0.25, -0.2) is 0 Å². The standard InChI is InChI=1S/C25H19NO/c1-26(18-9-3-2-4-10-18)19-15-16-25-23(17-19)21-12-6-5-11-20(21)22-13-7-8-14-24(22)27-25/h2-17H,1H3. The molecular formula is C25H19NO. The second-order valence-corrected chi connectivity index (χ2v) is 6.72. The molecule has 1 heterocycles. The maximum Gasteiger partial charge on any atom is 0.135 e. The van der Waals surface area contributed by atoms with E-state index in [-0.39, 0.29) is 0 Å². The Morgan fingerprint density at radius 2 is 1.11 bits per heavy atom. The van der Waals surface area contributed by atoms with Crippen LogP contribution in [0.1, 0.15) is 0 Å². The van der Waals surface area contributed by atoms with Crippen molar-refractivity contribution in [1.82, 2.24) is 0 Å². The fourth-order valence-electron chi connectivity index (χ4n) is 3.68. The van der Waals surface area contributed by atoms with Crippen LogP contribution < -0.4 is 9.64 Å². The molecule has 0 N–H and O–H groups in total. The van der Waals surface area contributed by atoms with E-state index in [0.717, 1.165) is 34.0 Å². The van der Waals surface area contributed by atoms with Gasteiger partial charge < -0.3 is 9.64 Å². The van der Waals surface area contributed by atoms with Crippen molar-refractivity contribution in [3.8, 4) is 33.8 Å². The zero-order chi connectivity index (χ0) is 18.2. The second-order valence-electron chi connectivity index (χ2n) is 6.72. The molecule has 0 spiro atoms. The van der Waals surface area contributed by atoms with E-state index in [4.69, 9.17) is 4.74 Å². The van der Waals surface area contributed by atoms with Crippen LogP contribution in [0.3, 0.4) is 0 Å². The van der Waals surface area contributed by atoms with Crippen LogP contribution in [-0.2, 0) is 0 Å². The normalized spacial score (nSPS) is 11.4. The van der Waals surface area contributed by atoms with Gasteiger partial charge in [-0.2, -0.15) is 0 Å². The summed E-state index contributed by atoms with van der Waals surface area (Å²) in [5.41, 5.74) is 6.92. The molecule has 0 fully saturated rings. The molecular weight excluding hydrogens is 330 g/mol. The summed E-state index contributed by atoms with van der Waals surface area (Å²) in [6, 6.07) is 33.5. The lowest BCUT2D eigenvalue weighted by molar-refractivity contribution is 0.488. The van der Waals surface area contributed by atoms with Gasteiger partial charge in [0, 0.05) is 29.5 Å². The molecule has 1 aliphatic rings. The maximum atomic E-state index is 6.31. The number of ether oxygens (including phenoxy) is 1. The van der Waals surface area contributed by atoms with Gasteiger partial charge in [0.05, 0.1) is 0 Å². The number of fused-ring (bicyclic) bond motifs is 5. The lowest BCUT2D eigenvalue weighted by atomic mass is 9.94. The fraction of sp³-hybridized carbons (Fsp3) is 0.0400. The van der Waals surface area contributed by atoms with Crippen LogP contribution in [0.15, 0.2) is 97.1 Å². The number of anilines is 2. The van der Waals surface area contributed by atoms with E-state index < -0.39 is 0 Å². The largest absolute Gasteiger partial charge is 0.456 e. The third-order valence-corrected chi connectivity index (χ3v) is 5.11. The van der Waals surface area contributed by atoms with Crippen LogP contribution in [0, 0.1) is 0 Å². The van der Waals surface area contributed by atoms with Gasteiger partial charge in [-0.1, -0.05) is 60.7 Å². The van der Waals surface area contributed by atoms with E-state index in [2.05, 4.69) is 90.8 Å². The highest BCUT2D eigenvalue weighted by molar-refractivity contribution is 5.91. The van der Waals surface area contributed by atoms with Gasteiger partial charge in [0.15, 0.2) is 0 Å². The molecule has 0 saturated carbocycles. The Morgan fingerprint density at radius 1 is 0.519 bits per heavy atom. The van der Waals surface area contributed by atoms with Crippen molar-refractivity contribution in [2.75, 3.05) is 11.9 Å². The second kappa shape index (κ2) is 6.33. The molecule has 130 valence electrons. The van der Waals surface area contributed by atoms with Gasteiger partial charge >= 0.3 is 0 Å². The smallest absolute Gasteiger partial charge is 0.135 e. The summed E-state index contributed by atoms with van der Waals surface area (Å²) in [4.78, 5) is 2.20. The molecule has 0 unspecified atom stereocenters. The van der Waals surface area contributed by atoms with Crippen molar-refractivity contribution in [3.05, 3.63) is 97.1 Å². The molecule has 0 saturated heterocycles. The Kier molecular flexibility index (Phi) is 3.68. The molecule has 0 aromatic heterocycles. The number of nitrogens with zero attached hydrogens (tertiary/aromatic N) is 1. The molecule has 2 nitrogen and oxygen atoms in total. The fourth-order valence-corrected chi connectivity index (χ4v) is 3.68. The molecule has 0 atom stereocenters.